The van der Waals surface area contributed by atoms with Crippen LogP contribution in [0.5, 0.6) is 0 Å². The summed E-state index contributed by atoms with van der Waals surface area (Å²) in [7, 11) is 3.75. The van der Waals surface area contributed by atoms with Crippen molar-refractivity contribution in [1.29, 1.82) is 0 Å². The van der Waals surface area contributed by atoms with E-state index in [-0.39, 0.29) is 0 Å². The molecule has 108 valence electrons. The van der Waals surface area contributed by atoms with Crippen LogP contribution in [-0.4, -0.2) is 52.7 Å². The molecule has 1 rings (SSSR count). The molecule has 0 amide bonds. The van der Waals surface area contributed by atoms with Crippen molar-refractivity contribution >= 4 is 0 Å². The standard InChI is InChI=1S/C14H29NO3/c1-15-13-7-4-3-5-8-14(13)18-12-11-17-10-6-9-16-2/h13-15H,3-12H2,1-2H3. The van der Waals surface area contributed by atoms with Crippen molar-refractivity contribution < 1.29 is 14.2 Å². The maximum Gasteiger partial charge on any atom is 0.0729 e. The average molecular weight is 259 g/mol. The quantitative estimate of drug-likeness (QED) is 0.508. The summed E-state index contributed by atoms with van der Waals surface area (Å²) in [6.07, 6.45) is 7.67. The Kier molecular flexibility index (Phi) is 9.48. The highest BCUT2D eigenvalue weighted by atomic mass is 16.5. The van der Waals surface area contributed by atoms with E-state index in [1.54, 1.807) is 7.11 Å². The first-order chi connectivity index (χ1) is 8.88. The van der Waals surface area contributed by atoms with E-state index >= 15 is 0 Å². The van der Waals surface area contributed by atoms with E-state index in [1.807, 2.05) is 7.05 Å². The number of methoxy groups -OCH3 is 1. The first-order valence-corrected chi connectivity index (χ1v) is 7.24. The lowest BCUT2D eigenvalue weighted by Crippen LogP contribution is -2.39. The van der Waals surface area contributed by atoms with Crippen LogP contribution >= 0.6 is 0 Å². The molecule has 0 heterocycles. The summed E-state index contributed by atoms with van der Waals surface area (Å²) in [5.74, 6) is 0. The Balaban J connectivity index is 2.05. The Bertz CT molecular complexity index is 190. The number of rotatable bonds is 9. The van der Waals surface area contributed by atoms with Crippen molar-refractivity contribution in [1.82, 2.24) is 5.32 Å². The summed E-state index contributed by atoms with van der Waals surface area (Å²) in [4.78, 5) is 0. The van der Waals surface area contributed by atoms with Gasteiger partial charge in [-0.3, -0.25) is 0 Å². The molecule has 0 radical (unpaired) electrons. The molecule has 2 unspecified atom stereocenters. The fraction of sp³-hybridized carbons (Fsp3) is 1.00. The molecule has 0 bridgehead atoms. The van der Waals surface area contributed by atoms with Crippen LogP contribution in [0.15, 0.2) is 0 Å². The molecule has 1 aliphatic rings. The summed E-state index contributed by atoms with van der Waals surface area (Å²) < 4.78 is 16.4. The van der Waals surface area contributed by atoms with E-state index in [0.717, 1.165) is 19.6 Å². The molecule has 1 fully saturated rings. The van der Waals surface area contributed by atoms with Crippen LogP contribution in [0.1, 0.15) is 38.5 Å². The van der Waals surface area contributed by atoms with Crippen LogP contribution in [0.25, 0.3) is 0 Å². The zero-order valence-corrected chi connectivity index (χ0v) is 12.0. The van der Waals surface area contributed by atoms with E-state index in [1.165, 1.54) is 32.1 Å². The number of hydrogen-bond acceptors (Lipinski definition) is 4. The first-order valence-electron chi connectivity index (χ1n) is 7.24. The van der Waals surface area contributed by atoms with Crippen molar-refractivity contribution in [3.63, 3.8) is 0 Å². The van der Waals surface area contributed by atoms with Crippen molar-refractivity contribution in [2.75, 3.05) is 40.6 Å². The smallest absolute Gasteiger partial charge is 0.0729 e. The van der Waals surface area contributed by atoms with Crippen LogP contribution in [0.3, 0.4) is 0 Å². The lowest BCUT2D eigenvalue weighted by atomic mass is 10.1. The van der Waals surface area contributed by atoms with E-state index < -0.39 is 0 Å². The van der Waals surface area contributed by atoms with E-state index in [4.69, 9.17) is 14.2 Å². The minimum atomic E-state index is 0.361. The molecule has 4 heteroatoms. The zero-order valence-electron chi connectivity index (χ0n) is 12.0. The van der Waals surface area contributed by atoms with Gasteiger partial charge >= 0.3 is 0 Å². The fourth-order valence-electron chi connectivity index (χ4n) is 2.47. The van der Waals surface area contributed by atoms with Gasteiger partial charge in [-0.05, 0) is 26.3 Å². The van der Waals surface area contributed by atoms with Gasteiger partial charge in [0, 0.05) is 26.4 Å². The second-order valence-electron chi connectivity index (χ2n) is 4.90. The normalized spacial score (nSPS) is 25.0. The molecular formula is C14H29NO3. The molecule has 1 N–H and O–H groups in total. The molecule has 1 aliphatic carbocycles. The third-order valence-corrected chi connectivity index (χ3v) is 3.52. The van der Waals surface area contributed by atoms with Crippen LogP contribution in [0.2, 0.25) is 0 Å². The van der Waals surface area contributed by atoms with Gasteiger partial charge in [0.05, 0.1) is 19.3 Å². The lowest BCUT2D eigenvalue weighted by molar-refractivity contribution is -0.0154. The van der Waals surface area contributed by atoms with Gasteiger partial charge in [0.25, 0.3) is 0 Å². The number of likely N-dealkylation sites (N-methyl/N-ethyl adjacent to an activating group) is 1. The van der Waals surface area contributed by atoms with Gasteiger partial charge in [0.15, 0.2) is 0 Å². The molecular weight excluding hydrogens is 230 g/mol. The van der Waals surface area contributed by atoms with Gasteiger partial charge in [-0.1, -0.05) is 19.3 Å². The van der Waals surface area contributed by atoms with Gasteiger partial charge in [-0.25, -0.2) is 0 Å². The maximum atomic E-state index is 5.95. The Morgan fingerprint density at radius 1 is 1.00 bits per heavy atom. The number of ether oxygens (including phenoxy) is 3. The summed E-state index contributed by atoms with van der Waals surface area (Å²) in [6, 6.07) is 0.515. The minimum Gasteiger partial charge on any atom is -0.385 e. The van der Waals surface area contributed by atoms with Gasteiger partial charge < -0.3 is 19.5 Å². The molecule has 0 aromatic carbocycles. The van der Waals surface area contributed by atoms with Crippen LogP contribution in [-0.2, 0) is 14.2 Å². The van der Waals surface area contributed by atoms with Gasteiger partial charge in [-0.15, -0.1) is 0 Å². The Labute approximate surface area is 111 Å². The van der Waals surface area contributed by atoms with Crippen LogP contribution in [0.4, 0.5) is 0 Å². The Hall–Kier alpha value is -0.160. The van der Waals surface area contributed by atoms with Crippen LogP contribution < -0.4 is 5.32 Å². The largest absolute Gasteiger partial charge is 0.385 e. The molecule has 0 spiro atoms. The average Bonchev–Trinajstić information content (AvgIpc) is 2.62. The third-order valence-electron chi connectivity index (χ3n) is 3.52. The molecule has 0 aromatic rings. The van der Waals surface area contributed by atoms with Gasteiger partial charge in [0.1, 0.15) is 0 Å². The molecule has 0 aliphatic heterocycles. The molecule has 0 saturated heterocycles. The van der Waals surface area contributed by atoms with E-state index in [9.17, 15) is 0 Å². The predicted molar refractivity (Wildman–Crippen MR) is 73.0 cm³/mol. The summed E-state index contributed by atoms with van der Waals surface area (Å²) in [6.45, 7) is 2.93. The Morgan fingerprint density at radius 2 is 1.83 bits per heavy atom. The van der Waals surface area contributed by atoms with Crippen molar-refractivity contribution in [3.8, 4) is 0 Å². The third kappa shape index (κ3) is 6.69. The number of hydrogen-bond donors (Lipinski definition) is 1. The van der Waals surface area contributed by atoms with Crippen molar-refractivity contribution in [2.24, 2.45) is 0 Å². The number of nitrogens with one attached hydrogen (secondary N) is 1. The maximum absolute atomic E-state index is 5.95. The zero-order chi connectivity index (χ0) is 13.1. The van der Waals surface area contributed by atoms with Gasteiger partial charge in [-0.2, -0.15) is 0 Å². The highest BCUT2D eigenvalue weighted by Gasteiger charge is 2.22. The highest BCUT2D eigenvalue weighted by molar-refractivity contribution is 4.78. The summed E-state index contributed by atoms with van der Waals surface area (Å²) in [5, 5.41) is 3.38. The fourth-order valence-corrected chi connectivity index (χ4v) is 2.47. The second-order valence-corrected chi connectivity index (χ2v) is 4.90. The first kappa shape index (κ1) is 15.9. The van der Waals surface area contributed by atoms with Gasteiger partial charge in [0.2, 0.25) is 0 Å². The Morgan fingerprint density at radius 3 is 2.61 bits per heavy atom. The predicted octanol–water partition coefficient (Wildman–Crippen LogP) is 1.98. The summed E-state index contributed by atoms with van der Waals surface area (Å²) in [5.41, 5.74) is 0. The summed E-state index contributed by atoms with van der Waals surface area (Å²) >= 11 is 0. The molecule has 0 aromatic heterocycles. The molecule has 2 atom stereocenters. The molecule has 4 nitrogen and oxygen atoms in total. The van der Waals surface area contributed by atoms with Crippen molar-refractivity contribution in [2.45, 2.75) is 50.7 Å². The monoisotopic (exact) mass is 259 g/mol. The minimum absolute atomic E-state index is 0.361. The molecule has 1 saturated carbocycles. The SMILES string of the molecule is CNC1CCCCCC1OCCOCCCOC. The van der Waals surface area contributed by atoms with E-state index in [0.29, 0.717) is 25.4 Å². The molecule has 18 heavy (non-hydrogen) atoms. The van der Waals surface area contributed by atoms with E-state index in [2.05, 4.69) is 5.32 Å². The highest BCUT2D eigenvalue weighted by Crippen LogP contribution is 2.20. The topological polar surface area (TPSA) is 39.7 Å². The second kappa shape index (κ2) is 10.7. The lowest BCUT2D eigenvalue weighted by Gasteiger charge is -2.25. The van der Waals surface area contributed by atoms with Crippen molar-refractivity contribution in [3.05, 3.63) is 0 Å². The van der Waals surface area contributed by atoms with Crippen LogP contribution in [0, 0.1) is 0 Å².